The van der Waals surface area contributed by atoms with Gasteiger partial charge in [0.25, 0.3) is 0 Å². The average molecular weight is 258 g/mol. The molecule has 1 heterocycles. The highest BCUT2D eigenvalue weighted by atomic mass is 16.5. The summed E-state index contributed by atoms with van der Waals surface area (Å²) in [7, 11) is 0. The van der Waals surface area contributed by atoms with Crippen molar-refractivity contribution in [1.29, 1.82) is 0 Å². The first kappa shape index (κ1) is 15.4. The molecule has 1 amide bonds. The molecule has 0 spiro atoms. The van der Waals surface area contributed by atoms with Crippen LogP contribution in [-0.2, 0) is 9.53 Å². The largest absolute Gasteiger partial charge is 0.391 e. The minimum atomic E-state index is -0.482. The van der Waals surface area contributed by atoms with Crippen LogP contribution in [-0.4, -0.2) is 49.5 Å². The Balaban J connectivity index is 2.16. The normalized spacial score (nSPS) is 22.6. The minimum absolute atomic E-state index is 0.0361. The van der Waals surface area contributed by atoms with Crippen molar-refractivity contribution in [3.05, 3.63) is 0 Å². The van der Waals surface area contributed by atoms with Crippen molar-refractivity contribution in [2.24, 2.45) is 5.41 Å². The van der Waals surface area contributed by atoms with E-state index in [1.54, 1.807) is 0 Å². The Morgan fingerprint density at radius 2 is 2.28 bits per heavy atom. The zero-order valence-electron chi connectivity index (χ0n) is 11.7. The summed E-state index contributed by atoms with van der Waals surface area (Å²) in [4.78, 5) is 11.7. The summed E-state index contributed by atoms with van der Waals surface area (Å²) in [6, 6.07) is 0.0958. The van der Waals surface area contributed by atoms with Crippen molar-refractivity contribution in [1.82, 2.24) is 10.6 Å². The molecule has 0 aliphatic carbocycles. The third-order valence-electron chi connectivity index (χ3n) is 2.81. The van der Waals surface area contributed by atoms with Gasteiger partial charge in [-0.1, -0.05) is 20.8 Å². The topological polar surface area (TPSA) is 70.6 Å². The number of ether oxygens (including phenoxy) is 1. The first-order valence-corrected chi connectivity index (χ1v) is 6.63. The smallest absolute Gasteiger partial charge is 0.221 e. The second-order valence-corrected chi connectivity index (χ2v) is 6.15. The van der Waals surface area contributed by atoms with Crippen LogP contribution in [0.3, 0.4) is 0 Å². The van der Waals surface area contributed by atoms with Gasteiger partial charge in [0, 0.05) is 25.6 Å². The van der Waals surface area contributed by atoms with Gasteiger partial charge in [-0.15, -0.1) is 0 Å². The van der Waals surface area contributed by atoms with Crippen LogP contribution in [0.1, 0.15) is 33.6 Å². The highest BCUT2D eigenvalue weighted by Gasteiger charge is 2.19. The van der Waals surface area contributed by atoms with Crippen molar-refractivity contribution in [2.45, 2.75) is 45.8 Å². The lowest BCUT2D eigenvalue weighted by Gasteiger charge is -2.24. The van der Waals surface area contributed by atoms with E-state index in [4.69, 9.17) is 4.74 Å². The summed E-state index contributed by atoms with van der Waals surface area (Å²) < 4.78 is 5.28. The van der Waals surface area contributed by atoms with Crippen LogP contribution in [0.4, 0.5) is 0 Å². The van der Waals surface area contributed by atoms with Crippen LogP contribution < -0.4 is 10.6 Å². The van der Waals surface area contributed by atoms with Crippen molar-refractivity contribution < 1.29 is 14.6 Å². The van der Waals surface area contributed by atoms with E-state index in [1.807, 2.05) is 0 Å². The first-order chi connectivity index (χ1) is 8.37. The molecule has 0 aromatic carbocycles. The maximum absolute atomic E-state index is 11.7. The van der Waals surface area contributed by atoms with Gasteiger partial charge in [0.1, 0.15) is 0 Å². The molecular formula is C13H26N2O3. The van der Waals surface area contributed by atoms with Gasteiger partial charge < -0.3 is 20.5 Å². The van der Waals surface area contributed by atoms with Crippen LogP contribution in [0.2, 0.25) is 0 Å². The van der Waals surface area contributed by atoms with Gasteiger partial charge in [-0.25, -0.2) is 0 Å². The van der Waals surface area contributed by atoms with Crippen LogP contribution >= 0.6 is 0 Å². The number of carbonyl (C=O) groups excluding carboxylic acids is 1. The molecule has 0 aromatic heterocycles. The number of amides is 1. The van der Waals surface area contributed by atoms with Gasteiger partial charge >= 0.3 is 0 Å². The third kappa shape index (κ3) is 6.93. The Hall–Kier alpha value is -0.650. The molecule has 5 nitrogen and oxygen atoms in total. The number of aliphatic hydroxyl groups is 1. The molecule has 0 bridgehead atoms. The summed E-state index contributed by atoms with van der Waals surface area (Å²) in [6.07, 6.45) is 0.602. The fraction of sp³-hybridized carbons (Fsp3) is 0.923. The SMILES string of the molecule is CC(C)(C)CC(O)CNC(=O)CC1COCCN1. The van der Waals surface area contributed by atoms with E-state index in [1.165, 1.54) is 0 Å². The molecule has 1 aliphatic heterocycles. The van der Waals surface area contributed by atoms with Crippen LogP contribution in [0.5, 0.6) is 0 Å². The summed E-state index contributed by atoms with van der Waals surface area (Å²) in [6.45, 7) is 8.62. The van der Waals surface area contributed by atoms with E-state index in [-0.39, 0.29) is 17.4 Å². The molecule has 5 heteroatoms. The molecule has 0 radical (unpaired) electrons. The second-order valence-electron chi connectivity index (χ2n) is 6.15. The zero-order valence-corrected chi connectivity index (χ0v) is 11.7. The zero-order chi connectivity index (χ0) is 13.6. The van der Waals surface area contributed by atoms with Gasteiger partial charge in [-0.2, -0.15) is 0 Å². The molecule has 1 saturated heterocycles. The molecule has 18 heavy (non-hydrogen) atoms. The number of nitrogens with one attached hydrogen (secondary N) is 2. The van der Waals surface area contributed by atoms with Crippen LogP contribution in [0, 0.1) is 5.41 Å². The lowest BCUT2D eigenvalue weighted by Crippen LogP contribution is -2.45. The quantitative estimate of drug-likeness (QED) is 0.662. The highest BCUT2D eigenvalue weighted by Crippen LogP contribution is 2.20. The Labute approximate surface area is 109 Å². The number of morpholine rings is 1. The van der Waals surface area contributed by atoms with E-state index < -0.39 is 6.10 Å². The van der Waals surface area contributed by atoms with Crippen LogP contribution in [0.15, 0.2) is 0 Å². The van der Waals surface area contributed by atoms with Gasteiger partial charge in [0.2, 0.25) is 5.91 Å². The summed E-state index contributed by atoms with van der Waals surface area (Å²) in [5.41, 5.74) is 0.0723. The van der Waals surface area contributed by atoms with E-state index in [9.17, 15) is 9.90 Å². The number of hydrogen-bond donors (Lipinski definition) is 3. The Morgan fingerprint density at radius 1 is 1.56 bits per heavy atom. The first-order valence-electron chi connectivity index (χ1n) is 6.63. The van der Waals surface area contributed by atoms with Crippen molar-refractivity contribution in [2.75, 3.05) is 26.3 Å². The third-order valence-corrected chi connectivity index (χ3v) is 2.81. The van der Waals surface area contributed by atoms with E-state index in [0.29, 0.717) is 32.6 Å². The maximum Gasteiger partial charge on any atom is 0.221 e. The maximum atomic E-state index is 11.7. The fourth-order valence-corrected chi connectivity index (χ4v) is 2.06. The predicted octanol–water partition coefficient (Wildman–Crippen LogP) is 0.278. The van der Waals surface area contributed by atoms with E-state index in [2.05, 4.69) is 31.4 Å². The van der Waals surface area contributed by atoms with Gasteiger partial charge in [-0.05, 0) is 11.8 Å². The van der Waals surface area contributed by atoms with Crippen molar-refractivity contribution >= 4 is 5.91 Å². The fourth-order valence-electron chi connectivity index (χ4n) is 2.06. The van der Waals surface area contributed by atoms with E-state index >= 15 is 0 Å². The Bertz CT molecular complexity index is 257. The number of carbonyl (C=O) groups is 1. The lowest BCUT2D eigenvalue weighted by atomic mass is 9.89. The second kappa shape index (κ2) is 7.07. The monoisotopic (exact) mass is 258 g/mol. The van der Waals surface area contributed by atoms with Gasteiger partial charge in [0.15, 0.2) is 0 Å². The summed E-state index contributed by atoms with van der Waals surface area (Å²) >= 11 is 0. The minimum Gasteiger partial charge on any atom is -0.391 e. The Morgan fingerprint density at radius 3 is 2.83 bits per heavy atom. The molecule has 106 valence electrons. The standard InChI is InChI=1S/C13H26N2O3/c1-13(2,3)7-11(16)8-15-12(17)6-10-9-18-5-4-14-10/h10-11,14,16H,4-9H2,1-3H3,(H,15,17). The molecule has 3 N–H and O–H groups in total. The summed E-state index contributed by atoms with van der Waals surface area (Å²) in [5, 5.41) is 15.8. The van der Waals surface area contributed by atoms with Crippen molar-refractivity contribution in [3.8, 4) is 0 Å². The lowest BCUT2D eigenvalue weighted by molar-refractivity contribution is -0.122. The summed E-state index contributed by atoms with van der Waals surface area (Å²) in [5.74, 6) is -0.0361. The number of rotatable bonds is 5. The number of aliphatic hydroxyl groups excluding tert-OH is 1. The van der Waals surface area contributed by atoms with Crippen molar-refractivity contribution in [3.63, 3.8) is 0 Å². The van der Waals surface area contributed by atoms with Crippen LogP contribution in [0.25, 0.3) is 0 Å². The molecule has 2 atom stereocenters. The molecule has 0 aromatic rings. The van der Waals surface area contributed by atoms with E-state index in [0.717, 1.165) is 6.54 Å². The molecule has 0 saturated carbocycles. The Kier molecular flexibility index (Phi) is 6.05. The molecule has 1 aliphatic rings. The molecule has 1 fully saturated rings. The predicted molar refractivity (Wildman–Crippen MR) is 70.3 cm³/mol. The average Bonchev–Trinajstić information content (AvgIpc) is 2.25. The number of hydrogen-bond acceptors (Lipinski definition) is 4. The highest BCUT2D eigenvalue weighted by molar-refractivity contribution is 5.76. The molecular weight excluding hydrogens is 232 g/mol. The van der Waals surface area contributed by atoms with Gasteiger partial charge in [0.05, 0.1) is 19.3 Å². The molecule has 2 unspecified atom stereocenters. The molecule has 1 rings (SSSR count). The van der Waals surface area contributed by atoms with Gasteiger partial charge in [-0.3, -0.25) is 4.79 Å².